The van der Waals surface area contributed by atoms with Crippen LogP contribution in [0.25, 0.3) is 0 Å². The van der Waals surface area contributed by atoms with Gasteiger partial charge in [-0.2, -0.15) is 5.10 Å². The zero-order valence-corrected chi connectivity index (χ0v) is 15.0. The molecular weight excluding hydrogens is 375 g/mol. The van der Waals surface area contributed by atoms with Crippen molar-refractivity contribution in [2.24, 2.45) is 0 Å². The molecule has 1 aliphatic rings. The van der Waals surface area contributed by atoms with Crippen molar-refractivity contribution < 1.29 is 22.7 Å². The van der Waals surface area contributed by atoms with Crippen LogP contribution in [-0.4, -0.2) is 48.6 Å². The van der Waals surface area contributed by atoms with E-state index in [0.717, 1.165) is 30.9 Å². The SMILES string of the molecule is O=C(NCCNc1cc(N2CCCC2)cnn1)c1ccc(OC(F)(F)F)cc1. The molecule has 10 heteroatoms. The Balaban J connectivity index is 1.43. The quantitative estimate of drug-likeness (QED) is 0.702. The van der Waals surface area contributed by atoms with Crippen molar-refractivity contribution in [1.29, 1.82) is 0 Å². The molecule has 1 saturated heterocycles. The Kier molecular flexibility index (Phi) is 6.17. The first-order valence-electron chi connectivity index (χ1n) is 8.86. The fraction of sp³-hybridized carbons (Fsp3) is 0.389. The number of rotatable bonds is 7. The third kappa shape index (κ3) is 5.73. The third-order valence-corrected chi connectivity index (χ3v) is 4.18. The average Bonchev–Trinajstić information content (AvgIpc) is 3.19. The molecule has 2 aromatic rings. The fourth-order valence-corrected chi connectivity index (χ4v) is 2.87. The summed E-state index contributed by atoms with van der Waals surface area (Å²) in [7, 11) is 0. The van der Waals surface area contributed by atoms with E-state index in [1.807, 2.05) is 6.07 Å². The first kappa shape index (κ1) is 19.7. The van der Waals surface area contributed by atoms with E-state index in [1.165, 1.54) is 25.0 Å². The number of hydrogen-bond donors (Lipinski definition) is 2. The van der Waals surface area contributed by atoms with Crippen LogP contribution in [0.15, 0.2) is 36.5 Å². The van der Waals surface area contributed by atoms with Gasteiger partial charge in [-0.1, -0.05) is 0 Å². The lowest BCUT2D eigenvalue weighted by Crippen LogP contribution is -2.29. The number of nitrogens with one attached hydrogen (secondary N) is 2. The van der Waals surface area contributed by atoms with E-state index in [9.17, 15) is 18.0 Å². The van der Waals surface area contributed by atoms with Gasteiger partial charge in [0.15, 0.2) is 5.82 Å². The van der Waals surface area contributed by atoms with E-state index in [0.29, 0.717) is 18.9 Å². The molecule has 2 heterocycles. The lowest BCUT2D eigenvalue weighted by molar-refractivity contribution is -0.274. The highest BCUT2D eigenvalue weighted by Crippen LogP contribution is 2.23. The highest BCUT2D eigenvalue weighted by atomic mass is 19.4. The molecule has 0 bridgehead atoms. The summed E-state index contributed by atoms with van der Waals surface area (Å²) in [5.41, 5.74) is 1.26. The van der Waals surface area contributed by atoms with Gasteiger partial charge in [0.25, 0.3) is 5.91 Å². The number of nitrogens with zero attached hydrogens (tertiary/aromatic N) is 3. The summed E-state index contributed by atoms with van der Waals surface area (Å²) in [4.78, 5) is 14.3. The number of anilines is 2. The maximum absolute atomic E-state index is 12.1. The van der Waals surface area contributed by atoms with Gasteiger partial charge in [0.1, 0.15) is 5.75 Å². The maximum atomic E-state index is 12.1. The molecule has 0 spiro atoms. The molecule has 2 N–H and O–H groups in total. The van der Waals surface area contributed by atoms with Gasteiger partial charge in [-0.25, -0.2) is 0 Å². The molecule has 0 aliphatic carbocycles. The van der Waals surface area contributed by atoms with Crippen LogP contribution in [0.4, 0.5) is 24.7 Å². The van der Waals surface area contributed by atoms with Gasteiger partial charge < -0.3 is 20.3 Å². The van der Waals surface area contributed by atoms with Crippen molar-refractivity contribution in [3.63, 3.8) is 0 Å². The second-order valence-corrected chi connectivity index (χ2v) is 6.25. The Hall–Kier alpha value is -3.04. The largest absolute Gasteiger partial charge is 0.573 e. The molecule has 1 aromatic carbocycles. The zero-order chi connectivity index (χ0) is 20.0. The Labute approximate surface area is 159 Å². The minimum Gasteiger partial charge on any atom is -0.406 e. The molecule has 0 unspecified atom stereocenters. The molecule has 0 radical (unpaired) electrons. The van der Waals surface area contributed by atoms with Gasteiger partial charge in [0.05, 0.1) is 11.9 Å². The topological polar surface area (TPSA) is 79.4 Å². The summed E-state index contributed by atoms with van der Waals surface area (Å²) < 4.78 is 40.2. The second kappa shape index (κ2) is 8.77. The number of hydrogen-bond acceptors (Lipinski definition) is 6. The van der Waals surface area contributed by atoms with Gasteiger partial charge in [0.2, 0.25) is 0 Å². The Bertz CT molecular complexity index is 793. The smallest absolute Gasteiger partial charge is 0.406 e. The minimum atomic E-state index is -4.76. The molecule has 1 fully saturated rings. The summed E-state index contributed by atoms with van der Waals surface area (Å²) in [6.45, 7) is 2.76. The van der Waals surface area contributed by atoms with Gasteiger partial charge >= 0.3 is 6.36 Å². The van der Waals surface area contributed by atoms with Crippen LogP contribution < -0.4 is 20.3 Å². The van der Waals surface area contributed by atoms with E-state index in [4.69, 9.17) is 0 Å². The van der Waals surface area contributed by atoms with Gasteiger partial charge in [-0.3, -0.25) is 4.79 Å². The predicted molar refractivity (Wildman–Crippen MR) is 97.4 cm³/mol. The monoisotopic (exact) mass is 395 g/mol. The molecule has 0 saturated carbocycles. The maximum Gasteiger partial charge on any atom is 0.573 e. The highest BCUT2D eigenvalue weighted by Gasteiger charge is 2.31. The predicted octanol–water partition coefficient (Wildman–Crippen LogP) is 2.82. The van der Waals surface area contributed by atoms with Crippen LogP contribution >= 0.6 is 0 Å². The van der Waals surface area contributed by atoms with E-state index < -0.39 is 12.3 Å². The molecule has 28 heavy (non-hydrogen) atoms. The Morgan fingerprint density at radius 3 is 2.54 bits per heavy atom. The van der Waals surface area contributed by atoms with Crippen molar-refractivity contribution in [1.82, 2.24) is 15.5 Å². The van der Waals surface area contributed by atoms with E-state index >= 15 is 0 Å². The standard InChI is InChI=1S/C18H20F3N5O2/c19-18(20,21)28-15-5-3-13(4-6-15)17(27)23-8-7-22-16-11-14(12-24-25-16)26-9-1-2-10-26/h3-6,11-12H,1-2,7-10H2,(H,22,25)(H,23,27). The van der Waals surface area contributed by atoms with Crippen molar-refractivity contribution >= 4 is 17.4 Å². The lowest BCUT2D eigenvalue weighted by atomic mass is 10.2. The van der Waals surface area contributed by atoms with Gasteiger partial charge in [-0.05, 0) is 37.1 Å². The highest BCUT2D eigenvalue weighted by molar-refractivity contribution is 5.94. The summed E-state index contributed by atoms with van der Waals surface area (Å²) in [5, 5.41) is 13.8. The van der Waals surface area contributed by atoms with Crippen LogP contribution in [0.1, 0.15) is 23.2 Å². The van der Waals surface area contributed by atoms with Gasteiger partial charge in [-0.15, -0.1) is 18.3 Å². The summed E-state index contributed by atoms with van der Waals surface area (Å²) in [6.07, 6.45) is -0.699. The number of ether oxygens (including phenoxy) is 1. The van der Waals surface area contributed by atoms with Crippen molar-refractivity contribution in [3.8, 4) is 5.75 Å². The third-order valence-electron chi connectivity index (χ3n) is 4.18. The van der Waals surface area contributed by atoms with Crippen molar-refractivity contribution in [2.75, 3.05) is 36.4 Å². The molecule has 1 aromatic heterocycles. The molecule has 7 nitrogen and oxygen atoms in total. The van der Waals surface area contributed by atoms with Crippen LogP contribution in [-0.2, 0) is 0 Å². The summed E-state index contributed by atoms with van der Waals surface area (Å²) in [6, 6.07) is 6.66. The van der Waals surface area contributed by atoms with Crippen LogP contribution in [0.2, 0.25) is 0 Å². The molecule has 3 rings (SSSR count). The molecule has 150 valence electrons. The van der Waals surface area contributed by atoms with Crippen LogP contribution in [0.3, 0.4) is 0 Å². The molecule has 0 atom stereocenters. The molecule has 1 amide bonds. The minimum absolute atomic E-state index is 0.241. The van der Waals surface area contributed by atoms with E-state index in [1.54, 1.807) is 6.20 Å². The number of alkyl halides is 3. The van der Waals surface area contributed by atoms with E-state index in [-0.39, 0.29) is 11.3 Å². The summed E-state index contributed by atoms with van der Waals surface area (Å²) >= 11 is 0. The first-order valence-corrected chi connectivity index (χ1v) is 8.86. The normalized spacial score (nSPS) is 14.0. The number of benzene rings is 1. The Morgan fingerprint density at radius 2 is 1.86 bits per heavy atom. The fourth-order valence-electron chi connectivity index (χ4n) is 2.87. The number of carbonyl (C=O) groups is 1. The van der Waals surface area contributed by atoms with Crippen LogP contribution in [0.5, 0.6) is 5.75 Å². The number of aromatic nitrogens is 2. The second-order valence-electron chi connectivity index (χ2n) is 6.25. The van der Waals surface area contributed by atoms with Gasteiger partial charge in [0, 0.05) is 37.8 Å². The zero-order valence-electron chi connectivity index (χ0n) is 15.0. The van der Waals surface area contributed by atoms with Crippen molar-refractivity contribution in [2.45, 2.75) is 19.2 Å². The Morgan fingerprint density at radius 1 is 1.14 bits per heavy atom. The van der Waals surface area contributed by atoms with Crippen LogP contribution in [0, 0.1) is 0 Å². The average molecular weight is 395 g/mol. The van der Waals surface area contributed by atoms with E-state index in [2.05, 4.69) is 30.5 Å². The number of amides is 1. The first-order chi connectivity index (χ1) is 13.4. The summed E-state index contributed by atoms with van der Waals surface area (Å²) in [5.74, 6) is -0.147. The molecule has 1 aliphatic heterocycles. The van der Waals surface area contributed by atoms with Crippen molar-refractivity contribution in [3.05, 3.63) is 42.1 Å². The molecular formula is C18H20F3N5O2. The lowest BCUT2D eigenvalue weighted by Gasteiger charge is -2.17. The number of halogens is 3. The number of carbonyl (C=O) groups excluding carboxylic acids is 1.